The van der Waals surface area contributed by atoms with Gasteiger partial charge in [0.15, 0.2) is 0 Å². The van der Waals surface area contributed by atoms with Gasteiger partial charge in [-0.25, -0.2) is 12.8 Å². The monoisotopic (exact) mass is 509 g/mol. The molecule has 184 valence electrons. The molecule has 0 heterocycles. The molecule has 2 aromatic rings. The van der Waals surface area contributed by atoms with Crippen LogP contribution in [0.15, 0.2) is 48.5 Å². The Morgan fingerprint density at radius 1 is 1.15 bits per heavy atom. The van der Waals surface area contributed by atoms with E-state index in [-0.39, 0.29) is 24.2 Å². The van der Waals surface area contributed by atoms with Gasteiger partial charge in [0.1, 0.15) is 18.4 Å². The Balaban J connectivity index is 1.87. The Labute approximate surface area is 204 Å². The lowest BCUT2D eigenvalue weighted by Crippen LogP contribution is -2.52. The van der Waals surface area contributed by atoms with Gasteiger partial charge >= 0.3 is 0 Å². The van der Waals surface area contributed by atoms with Crippen LogP contribution in [0.3, 0.4) is 0 Å². The van der Waals surface area contributed by atoms with Crippen molar-refractivity contribution in [2.45, 2.75) is 51.2 Å². The molecule has 2 aromatic carbocycles. The SMILES string of the molecule is C[C@@H](C(=O)NC1CCCC1)N(Cc1cccc(Cl)c1)C(=O)CN(c1ccc(F)cc1)S(C)(=O)=O. The molecule has 1 fully saturated rings. The number of carbonyl (C=O) groups is 2. The number of halogens is 2. The van der Waals surface area contributed by atoms with Crippen LogP contribution in [0, 0.1) is 5.82 Å². The first-order valence-electron chi connectivity index (χ1n) is 11.1. The van der Waals surface area contributed by atoms with E-state index in [9.17, 15) is 22.4 Å². The number of carbonyl (C=O) groups excluding carboxylic acids is 2. The van der Waals surface area contributed by atoms with Crippen molar-refractivity contribution in [3.8, 4) is 0 Å². The highest BCUT2D eigenvalue weighted by Crippen LogP contribution is 2.21. The molecule has 1 aliphatic carbocycles. The quantitative estimate of drug-likeness (QED) is 0.558. The molecule has 0 radical (unpaired) electrons. The Kier molecular flexibility index (Phi) is 8.54. The molecule has 1 saturated carbocycles. The maximum Gasteiger partial charge on any atom is 0.244 e. The second-order valence-corrected chi connectivity index (χ2v) is 10.9. The third kappa shape index (κ3) is 6.93. The fourth-order valence-corrected chi connectivity index (χ4v) is 5.09. The van der Waals surface area contributed by atoms with Crippen molar-refractivity contribution >= 4 is 39.1 Å². The molecule has 0 aromatic heterocycles. The molecule has 0 unspecified atom stereocenters. The number of anilines is 1. The number of nitrogens with one attached hydrogen (secondary N) is 1. The summed E-state index contributed by atoms with van der Waals surface area (Å²) >= 11 is 6.10. The van der Waals surface area contributed by atoms with Crippen molar-refractivity contribution in [1.82, 2.24) is 10.2 Å². The average molecular weight is 510 g/mol. The fraction of sp³-hybridized carbons (Fsp3) is 0.417. The van der Waals surface area contributed by atoms with Gasteiger partial charge in [-0.2, -0.15) is 0 Å². The van der Waals surface area contributed by atoms with Gasteiger partial charge in [0.2, 0.25) is 21.8 Å². The van der Waals surface area contributed by atoms with Crippen LogP contribution in [0.2, 0.25) is 5.02 Å². The third-order valence-corrected chi connectivity index (χ3v) is 7.28. The molecule has 0 spiro atoms. The van der Waals surface area contributed by atoms with Crippen LogP contribution >= 0.6 is 11.6 Å². The summed E-state index contributed by atoms with van der Waals surface area (Å²) in [5.74, 6) is -1.39. The van der Waals surface area contributed by atoms with Gasteiger partial charge in [-0.3, -0.25) is 13.9 Å². The zero-order valence-electron chi connectivity index (χ0n) is 19.2. The molecule has 0 aliphatic heterocycles. The lowest BCUT2D eigenvalue weighted by Gasteiger charge is -2.32. The predicted molar refractivity (Wildman–Crippen MR) is 130 cm³/mol. The zero-order valence-corrected chi connectivity index (χ0v) is 20.8. The number of amides is 2. The second kappa shape index (κ2) is 11.2. The molecule has 1 N–H and O–H groups in total. The number of nitrogens with zero attached hydrogens (tertiary/aromatic N) is 2. The topological polar surface area (TPSA) is 86.8 Å². The normalized spacial score (nSPS) is 15.1. The molecule has 10 heteroatoms. The van der Waals surface area contributed by atoms with Gasteiger partial charge < -0.3 is 10.2 Å². The van der Waals surface area contributed by atoms with Crippen LogP contribution in [0.25, 0.3) is 0 Å². The summed E-state index contributed by atoms with van der Waals surface area (Å²) in [5.41, 5.74) is 0.858. The first kappa shape index (κ1) is 26.0. The predicted octanol–water partition coefficient (Wildman–Crippen LogP) is 3.72. The number of sulfonamides is 1. The number of rotatable bonds is 9. The van der Waals surface area contributed by atoms with E-state index < -0.39 is 34.3 Å². The van der Waals surface area contributed by atoms with Crippen molar-refractivity contribution < 1.29 is 22.4 Å². The molecule has 0 saturated heterocycles. The summed E-state index contributed by atoms with van der Waals surface area (Å²) in [5, 5.41) is 3.48. The van der Waals surface area contributed by atoms with E-state index in [4.69, 9.17) is 11.6 Å². The summed E-state index contributed by atoms with van der Waals surface area (Å²) in [6, 6.07) is 11.0. The Morgan fingerprint density at radius 2 is 1.79 bits per heavy atom. The number of hydrogen-bond donors (Lipinski definition) is 1. The highest BCUT2D eigenvalue weighted by atomic mass is 35.5. The molecule has 1 aliphatic rings. The highest BCUT2D eigenvalue weighted by molar-refractivity contribution is 7.92. The Morgan fingerprint density at radius 3 is 2.38 bits per heavy atom. The fourth-order valence-electron chi connectivity index (χ4n) is 4.03. The molecule has 3 rings (SSSR count). The zero-order chi connectivity index (χ0) is 24.9. The van der Waals surface area contributed by atoms with Gasteiger partial charge in [0.25, 0.3) is 0 Å². The molecule has 1 atom stereocenters. The van der Waals surface area contributed by atoms with Gasteiger partial charge in [-0.1, -0.05) is 36.6 Å². The first-order valence-corrected chi connectivity index (χ1v) is 13.3. The number of benzene rings is 2. The van der Waals surface area contributed by atoms with Crippen molar-refractivity contribution in [3.05, 3.63) is 64.9 Å². The molecule has 2 amide bonds. The standard InChI is InChI=1S/C24H29ClFN3O4S/c1-17(24(31)27-21-8-3-4-9-21)28(15-18-6-5-7-19(25)14-18)23(30)16-29(34(2,32)33)22-12-10-20(26)11-13-22/h5-7,10-14,17,21H,3-4,8-9,15-16H2,1-2H3,(H,27,31)/t17-/m0/s1. The number of hydrogen-bond acceptors (Lipinski definition) is 4. The van der Waals surface area contributed by atoms with Crippen LogP contribution in [-0.4, -0.2) is 50.0 Å². The van der Waals surface area contributed by atoms with E-state index >= 15 is 0 Å². The molecule has 0 bridgehead atoms. The molecule has 34 heavy (non-hydrogen) atoms. The third-order valence-electron chi connectivity index (χ3n) is 5.90. The Bertz CT molecular complexity index is 1120. The summed E-state index contributed by atoms with van der Waals surface area (Å²) < 4.78 is 39.2. The van der Waals surface area contributed by atoms with Gasteiger partial charge in [0, 0.05) is 17.6 Å². The highest BCUT2D eigenvalue weighted by Gasteiger charge is 2.31. The minimum absolute atomic E-state index is 0.0691. The lowest BCUT2D eigenvalue weighted by atomic mass is 10.1. The lowest BCUT2D eigenvalue weighted by molar-refractivity contribution is -0.139. The van der Waals surface area contributed by atoms with Gasteiger partial charge in [-0.15, -0.1) is 0 Å². The van der Waals surface area contributed by atoms with Crippen LogP contribution in [0.1, 0.15) is 38.2 Å². The van der Waals surface area contributed by atoms with Crippen LogP contribution in [0.4, 0.5) is 10.1 Å². The van der Waals surface area contributed by atoms with Crippen molar-refractivity contribution in [2.75, 3.05) is 17.1 Å². The van der Waals surface area contributed by atoms with E-state index in [0.29, 0.717) is 10.6 Å². The maximum atomic E-state index is 13.4. The Hall–Kier alpha value is -2.65. The van der Waals surface area contributed by atoms with Gasteiger partial charge in [-0.05, 0) is 61.7 Å². The van der Waals surface area contributed by atoms with Crippen LogP contribution in [0.5, 0.6) is 0 Å². The largest absolute Gasteiger partial charge is 0.352 e. The summed E-state index contributed by atoms with van der Waals surface area (Å²) in [6.45, 7) is 1.15. The minimum atomic E-state index is -3.86. The molecular weight excluding hydrogens is 481 g/mol. The van der Waals surface area contributed by atoms with Gasteiger partial charge in [0.05, 0.1) is 11.9 Å². The van der Waals surface area contributed by atoms with Crippen molar-refractivity contribution in [3.63, 3.8) is 0 Å². The second-order valence-electron chi connectivity index (χ2n) is 8.56. The molecular formula is C24H29ClFN3O4S. The minimum Gasteiger partial charge on any atom is -0.352 e. The van der Waals surface area contributed by atoms with E-state index in [1.807, 2.05) is 0 Å². The maximum absolute atomic E-state index is 13.4. The average Bonchev–Trinajstić information content (AvgIpc) is 3.28. The van der Waals surface area contributed by atoms with Crippen LogP contribution < -0.4 is 9.62 Å². The molecule has 7 nitrogen and oxygen atoms in total. The van der Waals surface area contributed by atoms with E-state index in [1.165, 1.54) is 17.0 Å². The van der Waals surface area contributed by atoms with E-state index in [1.54, 1.807) is 31.2 Å². The summed E-state index contributed by atoms with van der Waals surface area (Å²) in [7, 11) is -3.86. The van der Waals surface area contributed by atoms with E-state index in [2.05, 4.69) is 5.32 Å². The van der Waals surface area contributed by atoms with Crippen molar-refractivity contribution in [1.29, 1.82) is 0 Å². The van der Waals surface area contributed by atoms with E-state index in [0.717, 1.165) is 48.4 Å². The van der Waals surface area contributed by atoms with Crippen LogP contribution in [-0.2, 0) is 26.2 Å². The summed E-state index contributed by atoms with van der Waals surface area (Å²) in [6.07, 6.45) is 4.86. The van der Waals surface area contributed by atoms with Crippen molar-refractivity contribution in [2.24, 2.45) is 0 Å². The smallest absolute Gasteiger partial charge is 0.244 e. The first-order chi connectivity index (χ1) is 16.0. The summed E-state index contributed by atoms with van der Waals surface area (Å²) in [4.78, 5) is 27.8.